The number of benzene rings is 2. The average Bonchev–Trinajstić information content (AvgIpc) is 3.34. The van der Waals surface area contributed by atoms with E-state index in [1.807, 2.05) is 6.07 Å². The molecule has 12 nitrogen and oxygen atoms in total. The van der Waals surface area contributed by atoms with Gasteiger partial charge in [-0.2, -0.15) is 4.31 Å². The number of nitrogens with one attached hydrogen (secondary N) is 1. The summed E-state index contributed by atoms with van der Waals surface area (Å²) in [6.45, 7) is 1.30. The number of aromatic nitrogens is 4. The Morgan fingerprint density at radius 1 is 1.08 bits per heavy atom. The van der Waals surface area contributed by atoms with Crippen LogP contribution in [-0.4, -0.2) is 56.0 Å². The minimum atomic E-state index is -4.34. The van der Waals surface area contributed by atoms with Crippen molar-refractivity contribution in [3.63, 3.8) is 0 Å². The Kier molecular flexibility index (Phi) is 6.52. The lowest BCUT2D eigenvalue weighted by Gasteiger charge is -2.29. The Balaban J connectivity index is 1.69. The second kappa shape index (κ2) is 9.43. The van der Waals surface area contributed by atoms with Crippen molar-refractivity contribution < 1.29 is 23.1 Å². The number of carboxylic acid groups (broad SMARTS) is 1. The second-order valence-electron chi connectivity index (χ2n) is 8.05. The molecule has 13 heteroatoms. The summed E-state index contributed by atoms with van der Waals surface area (Å²) in [4.78, 5) is 44.5. The zero-order chi connectivity index (χ0) is 26.2. The molecule has 0 amide bonds. The minimum absolute atomic E-state index is 0.00685. The lowest BCUT2D eigenvalue weighted by atomic mass is 10.1. The molecule has 2 aromatic carbocycles. The van der Waals surface area contributed by atoms with Gasteiger partial charge in [-0.05, 0) is 43.3 Å². The molecular formula is C23H23N5O7S. The highest BCUT2D eigenvalue weighted by Crippen LogP contribution is 2.26. The molecule has 0 aliphatic carbocycles. The van der Waals surface area contributed by atoms with E-state index in [0.717, 1.165) is 11.6 Å². The van der Waals surface area contributed by atoms with Crippen molar-refractivity contribution in [3.05, 3.63) is 81.8 Å². The Labute approximate surface area is 205 Å². The summed E-state index contributed by atoms with van der Waals surface area (Å²) in [6, 6.07) is 11.2. The van der Waals surface area contributed by atoms with E-state index < -0.39 is 39.3 Å². The molecule has 2 heterocycles. The first kappa shape index (κ1) is 24.9. The number of carbonyl (C=O) groups is 1. The van der Waals surface area contributed by atoms with Gasteiger partial charge in [0.2, 0.25) is 10.0 Å². The van der Waals surface area contributed by atoms with E-state index in [1.54, 1.807) is 24.3 Å². The summed E-state index contributed by atoms with van der Waals surface area (Å²) >= 11 is 0. The molecule has 0 fully saturated rings. The van der Waals surface area contributed by atoms with E-state index in [-0.39, 0.29) is 16.1 Å². The van der Waals surface area contributed by atoms with Crippen LogP contribution >= 0.6 is 0 Å². The van der Waals surface area contributed by atoms with Gasteiger partial charge >= 0.3 is 11.7 Å². The number of imidazole rings is 1. The fourth-order valence-electron chi connectivity index (χ4n) is 3.94. The third-order valence-electron chi connectivity index (χ3n) is 5.85. The highest BCUT2D eigenvalue weighted by Gasteiger charge is 2.39. The number of para-hydroxylation sites is 1. The van der Waals surface area contributed by atoms with Crippen LogP contribution in [0.15, 0.2) is 75.4 Å². The fourth-order valence-corrected chi connectivity index (χ4v) is 5.32. The van der Waals surface area contributed by atoms with Crippen LogP contribution in [0.1, 0.15) is 13.0 Å². The Hall–Kier alpha value is -4.23. The van der Waals surface area contributed by atoms with Gasteiger partial charge in [-0.3, -0.25) is 18.7 Å². The number of aliphatic carboxylic acids is 1. The lowest BCUT2D eigenvalue weighted by Crippen LogP contribution is -2.52. The highest BCUT2D eigenvalue weighted by atomic mass is 32.2. The standard InChI is InChI=1S/C23H23N5O7S/c1-14(28-21(29)18-20(25-13-24-18)26(2)23(28)32)19(22(30)31)27(3)36(33,34)17-11-9-16(10-12-17)35-15-7-5-4-6-8-15/h4-14,19H,1-3H3,(H,24,25)(H,30,31). The van der Waals surface area contributed by atoms with E-state index in [2.05, 4.69) is 9.97 Å². The summed E-state index contributed by atoms with van der Waals surface area (Å²) in [5.41, 5.74) is -1.55. The van der Waals surface area contributed by atoms with Crippen molar-refractivity contribution in [2.45, 2.75) is 23.9 Å². The number of nitrogens with zero attached hydrogens (tertiary/aromatic N) is 4. The number of aryl methyl sites for hydroxylation is 1. The number of carboxylic acids is 1. The topological polar surface area (TPSA) is 157 Å². The Morgan fingerprint density at radius 3 is 2.31 bits per heavy atom. The number of rotatable bonds is 8. The lowest BCUT2D eigenvalue weighted by molar-refractivity contribution is -0.142. The van der Waals surface area contributed by atoms with Crippen LogP contribution in [0.25, 0.3) is 11.2 Å². The molecule has 4 aromatic rings. The van der Waals surface area contributed by atoms with Gasteiger partial charge in [0.05, 0.1) is 17.3 Å². The zero-order valence-corrected chi connectivity index (χ0v) is 20.3. The molecule has 0 spiro atoms. The normalized spacial score (nSPS) is 13.6. The SMILES string of the molecule is CC(C(C(=O)O)N(C)S(=O)(=O)c1ccc(Oc2ccccc2)cc1)n1c(=O)c2[nH]cnc2n(C)c1=O. The van der Waals surface area contributed by atoms with Gasteiger partial charge in [-0.25, -0.2) is 18.2 Å². The first-order chi connectivity index (χ1) is 17.0. The van der Waals surface area contributed by atoms with Crippen molar-refractivity contribution in [2.24, 2.45) is 7.05 Å². The summed E-state index contributed by atoms with van der Waals surface area (Å²) in [5, 5.41) is 9.95. The number of hydrogen-bond acceptors (Lipinski definition) is 7. The first-order valence-electron chi connectivity index (χ1n) is 10.7. The molecule has 0 radical (unpaired) electrons. The zero-order valence-electron chi connectivity index (χ0n) is 19.5. The summed E-state index contributed by atoms with van der Waals surface area (Å²) in [5.74, 6) is -0.587. The third-order valence-corrected chi connectivity index (χ3v) is 7.70. The fraction of sp³-hybridized carbons (Fsp3) is 0.217. The van der Waals surface area contributed by atoms with Crippen LogP contribution in [-0.2, 0) is 21.9 Å². The molecule has 4 rings (SSSR count). The number of sulfonamides is 1. The number of aromatic amines is 1. The van der Waals surface area contributed by atoms with Gasteiger partial charge in [-0.1, -0.05) is 18.2 Å². The van der Waals surface area contributed by atoms with Crippen molar-refractivity contribution in [1.82, 2.24) is 23.4 Å². The number of hydrogen-bond donors (Lipinski definition) is 2. The molecule has 0 saturated carbocycles. The van der Waals surface area contributed by atoms with Gasteiger partial charge in [0.25, 0.3) is 5.56 Å². The molecule has 0 bridgehead atoms. The average molecular weight is 514 g/mol. The minimum Gasteiger partial charge on any atom is -0.480 e. The van der Waals surface area contributed by atoms with Crippen molar-refractivity contribution in [1.29, 1.82) is 0 Å². The van der Waals surface area contributed by atoms with E-state index in [4.69, 9.17) is 4.74 Å². The maximum Gasteiger partial charge on any atom is 0.332 e. The van der Waals surface area contributed by atoms with Crippen LogP contribution in [0.2, 0.25) is 0 Å². The highest BCUT2D eigenvalue weighted by molar-refractivity contribution is 7.89. The molecule has 0 aliphatic rings. The molecule has 36 heavy (non-hydrogen) atoms. The van der Waals surface area contributed by atoms with E-state index in [9.17, 15) is 27.9 Å². The molecule has 188 valence electrons. The molecule has 2 aromatic heterocycles. The number of H-pyrrole nitrogens is 1. The maximum absolute atomic E-state index is 13.3. The van der Waals surface area contributed by atoms with E-state index >= 15 is 0 Å². The van der Waals surface area contributed by atoms with Crippen molar-refractivity contribution >= 4 is 27.2 Å². The van der Waals surface area contributed by atoms with Crippen LogP contribution in [0, 0.1) is 0 Å². The van der Waals surface area contributed by atoms with Crippen LogP contribution in [0.4, 0.5) is 0 Å². The predicted octanol–water partition coefficient (Wildman–Crippen LogP) is 1.55. The van der Waals surface area contributed by atoms with Crippen LogP contribution in [0.5, 0.6) is 11.5 Å². The van der Waals surface area contributed by atoms with Gasteiger partial charge in [0.15, 0.2) is 5.65 Å². The van der Waals surface area contributed by atoms with Crippen molar-refractivity contribution in [2.75, 3.05) is 7.05 Å². The second-order valence-corrected chi connectivity index (χ2v) is 10.0. The number of fused-ring (bicyclic) bond motifs is 1. The van der Waals surface area contributed by atoms with E-state index in [1.165, 1.54) is 44.6 Å². The van der Waals surface area contributed by atoms with Gasteiger partial charge in [-0.15, -0.1) is 0 Å². The number of ether oxygens (including phenoxy) is 1. The third kappa shape index (κ3) is 4.29. The molecule has 2 unspecified atom stereocenters. The largest absolute Gasteiger partial charge is 0.480 e. The van der Waals surface area contributed by atoms with Crippen LogP contribution in [0.3, 0.4) is 0 Å². The van der Waals surface area contributed by atoms with Gasteiger partial charge < -0.3 is 14.8 Å². The van der Waals surface area contributed by atoms with Crippen molar-refractivity contribution in [3.8, 4) is 11.5 Å². The Bertz CT molecular complexity index is 1640. The van der Waals surface area contributed by atoms with Crippen LogP contribution < -0.4 is 16.0 Å². The molecule has 2 N–H and O–H groups in total. The van der Waals surface area contributed by atoms with Gasteiger partial charge in [0.1, 0.15) is 23.1 Å². The smallest absolute Gasteiger partial charge is 0.332 e. The summed E-state index contributed by atoms with van der Waals surface area (Å²) < 4.78 is 34.8. The molecule has 2 atom stereocenters. The molecule has 0 aliphatic heterocycles. The summed E-state index contributed by atoms with van der Waals surface area (Å²) in [6.07, 6.45) is 1.23. The first-order valence-corrected chi connectivity index (χ1v) is 12.2. The summed E-state index contributed by atoms with van der Waals surface area (Å²) in [7, 11) is -1.88. The predicted molar refractivity (Wildman–Crippen MR) is 130 cm³/mol. The number of likely N-dealkylation sites (N-methyl/N-ethyl adjacent to an activating group) is 1. The van der Waals surface area contributed by atoms with Gasteiger partial charge in [0, 0.05) is 14.1 Å². The Morgan fingerprint density at radius 2 is 1.69 bits per heavy atom. The quantitative estimate of drug-likeness (QED) is 0.359. The van der Waals surface area contributed by atoms with E-state index in [0.29, 0.717) is 20.4 Å². The molecular weight excluding hydrogens is 490 g/mol. The maximum atomic E-state index is 13.3. The molecule has 0 saturated heterocycles. The monoisotopic (exact) mass is 513 g/mol.